The van der Waals surface area contributed by atoms with Crippen molar-refractivity contribution >= 4 is 17.3 Å². The minimum Gasteiger partial charge on any atom is -0.493 e. The number of benzene rings is 2. The molecule has 1 N–H and O–H groups in total. The van der Waals surface area contributed by atoms with E-state index in [0.29, 0.717) is 23.7 Å². The number of anilines is 1. The van der Waals surface area contributed by atoms with Crippen molar-refractivity contribution in [2.75, 3.05) is 19.0 Å². The molecule has 0 aliphatic carbocycles. The van der Waals surface area contributed by atoms with Crippen LogP contribution in [0.4, 0.5) is 11.4 Å². The van der Waals surface area contributed by atoms with E-state index in [1.807, 2.05) is 6.92 Å². The summed E-state index contributed by atoms with van der Waals surface area (Å²) in [6.45, 7) is 4.28. The second-order valence-corrected chi connectivity index (χ2v) is 5.45. The summed E-state index contributed by atoms with van der Waals surface area (Å²) in [4.78, 5) is 23.1. The first kappa shape index (κ1) is 18.3. The molecule has 0 fully saturated rings. The van der Waals surface area contributed by atoms with Gasteiger partial charge in [-0.15, -0.1) is 0 Å². The predicted molar refractivity (Wildman–Crippen MR) is 94.6 cm³/mol. The van der Waals surface area contributed by atoms with E-state index in [1.54, 1.807) is 31.2 Å². The Labute approximate surface area is 145 Å². The third-order valence-electron chi connectivity index (χ3n) is 3.49. The van der Waals surface area contributed by atoms with E-state index in [9.17, 15) is 14.9 Å². The molecule has 0 unspecified atom stereocenters. The average Bonchev–Trinajstić information content (AvgIpc) is 2.60. The molecular formula is C18H20N2O5. The molecule has 0 heterocycles. The summed E-state index contributed by atoms with van der Waals surface area (Å²) in [5, 5.41) is 13.7. The van der Waals surface area contributed by atoms with Crippen LogP contribution in [0.3, 0.4) is 0 Å². The van der Waals surface area contributed by atoms with Crippen LogP contribution < -0.4 is 14.8 Å². The highest BCUT2D eigenvalue weighted by Gasteiger charge is 2.18. The zero-order chi connectivity index (χ0) is 18.4. The molecular weight excluding hydrogens is 324 g/mol. The molecule has 2 rings (SSSR count). The van der Waals surface area contributed by atoms with E-state index in [4.69, 9.17) is 9.47 Å². The van der Waals surface area contributed by atoms with Crippen LogP contribution in [0, 0.1) is 17.0 Å². The number of aryl methyl sites for hydroxylation is 1. The number of nitro benzene ring substituents is 1. The van der Waals surface area contributed by atoms with Crippen LogP contribution >= 0.6 is 0 Å². The van der Waals surface area contributed by atoms with Gasteiger partial charge in [0, 0.05) is 11.6 Å². The third-order valence-corrected chi connectivity index (χ3v) is 3.49. The van der Waals surface area contributed by atoms with Crippen molar-refractivity contribution in [1.29, 1.82) is 0 Å². The molecule has 0 saturated heterocycles. The molecule has 0 aliphatic rings. The summed E-state index contributed by atoms with van der Waals surface area (Å²) < 4.78 is 10.8. The number of amides is 1. The summed E-state index contributed by atoms with van der Waals surface area (Å²) in [7, 11) is 1.49. The number of nitrogens with zero attached hydrogens (tertiary/aromatic N) is 1. The highest BCUT2D eigenvalue weighted by Crippen LogP contribution is 2.30. The lowest BCUT2D eigenvalue weighted by atomic mass is 10.1. The molecule has 0 radical (unpaired) electrons. The number of carbonyl (C=O) groups is 1. The normalized spacial score (nSPS) is 10.2. The molecule has 0 bridgehead atoms. The molecule has 25 heavy (non-hydrogen) atoms. The summed E-state index contributed by atoms with van der Waals surface area (Å²) >= 11 is 0. The Hall–Kier alpha value is -3.09. The SMILES string of the molecule is CCCOc1ccc(C(=O)Nc2ccc(C)cc2[N+](=O)[O-])cc1OC. The molecule has 0 spiro atoms. The van der Waals surface area contributed by atoms with Gasteiger partial charge in [-0.05, 0) is 43.2 Å². The molecule has 7 heteroatoms. The Morgan fingerprint density at radius 1 is 1.20 bits per heavy atom. The van der Waals surface area contributed by atoms with E-state index in [1.165, 1.54) is 19.2 Å². The lowest BCUT2D eigenvalue weighted by Gasteiger charge is -2.12. The number of methoxy groups -OCH3 is 1. The first-order valence-electron chi connectivity index (χ1n) is 7.83. The summed E-state index contributed by atoms with van der Waals surface area (Å²) in [6, 6.07) is 9.40. The van der Waals surface area contributed by atoms with Crippen LogP contribution in [-0.4, -0.2) is 24.5 Å². The van der Waals surface area contributed by atoms with E-state index in [-0.39, 0.29) is 11.4 Å². The first-order chi connectivity index (χ1) is 12.0. The Balaban J connectivity index is 2.25. The van der Waals surface area contributed by atoms with Gasteiger partial charge in [0.2, 0.25) is 0 Å². The summed E-state index contributed by atoms with van der Waals surface area (Å²) in [5.41, 5.74) is 1.05. The van der Waals surface area contributed by atoms with E-state index in [0.717, 1.165) is 12.0 Å². The minimum absolute atomic E-state index is 0.144. The number of nitrogens with one attached hydrogen (secondary N) is 1. The number of nitro groups is 1. The van der Waals surface area contributed by atoms with Crippen LogP contribution in [0.15, 0.2) is 36.4 Å². The second kappa shape index (κ2) is 8.14. The second-order valence-electron chi connectivity index (χ2n) is 5.45. The van der Waals surface area contributed by atoms with Gasteiger partial charge in [0.25, 0.3) is 11.6 Å². The van der Waals surface area contributed by atoms with Gasteiger partial charge in [-0.25, -0.2) is 0 Å². The van der Waals surface area contributed by atoms with Crippen molar-refractivity contribution in [1.82, 2.24) is 0 Å². The number of rotatable bonds is 7. The number of carbonyl (C=O) groups excluding carboxylic acids is 1. The largest absolute Gasteiger partial charge is 0.493 e. The maximum Gasteiger partial charge on any atom is 0.293 e. The van der Waals surface area contributed by atoms with Gasteiger partial charge in [-0.2, -0.15) is 0 Å². The fourth-order valence-corrected chi connectivity index (χ4v) is 2.23. The van der Waals surface area contributed by atoms with Crippen molar-refractivity contribution in [3.05, 3.63) is 57.6 Å². The standard InChI is InChI=1S/C18H20N2O5/c1-4-9-25-16-8-6-13(11-17(16)24-3)18(21)19-14-7-5-12(2)10-15(14)20(22)23/h5-8,10-11H,4,9H2,1-3H3,(H,19,21). The van der Waals surface area contributed by atoms with Crippen molar-refractivity contribution in [2.24, 2.45) is 0 Å². The molecule has 2 aromatic rings. The summed E-state index contributed by atoms with van der Waals surface area (Å²) in [6.07, 6.45) is 0.850. The first-order valence-corrected chi connectivity index (χ1v) is 7.83. The number of hydrogen-bond donors (Lipinski definition) is 1. The number of ether oxygens (including phenoxy) is 2. The Bertz CT molecular complexity index is 789. The van der Waals surface area contributed by atoms with Gasteiger partial charge < -0.3 is 14.8 Å². The van der Waals surface area contributed by atoms with Gasteiger partial charge in [0.1, 0.15) is 5.69 Å². The maximum absolute atomic E-state index is 12.4. The Morgan fingerprint density at radius 3 is 2.60 bits per heavy atom. The van der Waals surface area contributed by atoms with Crippen LogP contribution in [0.25, 0.3) is 0 Å². The van der Waals surface area contributed by atoms with E-state index < -0.39 is 10.8 Å². The van der Waals surface area contributed by atoms with Gasteiger partial charge in [-0.3, -0.25) is 14.9 Å². The van der Waals surface area contributed by atoms with Crippen molar-refractivity contribution in [3.63, 3.8) is 0 Å². The van der Waals surface area contributed by atoms with Gasteiger partial charge >= 0.3 is 0 Å². The van der Waals surface area contributed by atoms with E-state index >= 15 is 0 Å². The molecule has 0 saturated carbocycles. The molecule has 0 aliphatic heterocycles. The van der Waals surface area contributed by atoms with Crippen molar-refractivity contribution in [2.45, 2.75) is 20.3 Å². The van der Waals surface area contributed by atoms with Crippen LogP contribution in [0.2, 0.25) is 0 Å². The van der Waals surface area contributed by atoms with Crippen LogP contribution in [-0.2, 0) is 0 Å². The minimum atomic E-state index is -0.523. The number of hydrogen-bond acceptors (Lipinski definition) is 5. The molecule has 0 atom stereocenters. The quantitative estimate of drug-likeness (QED) is 0.606. The molecule has 2 aromatic carbocycles. The van der Waals surface area contributed by atoms with Crippen LogP contribution in [0.1, 0.15) is 29.3 Å². The summed E-state index contributed by atoms with van der Waals surface area (Å²) in [5.74, 6) is 0.508. The monoisotopic (exact) mass is 344 g/mol. The smallest absolute Gasteiger partial charge is 0.293 e. The molecule has 132 valence electrons. The third kappa shape index (κ3) is 4.47. The Kier molecular flexibility index (Phi) is 5.94. The highest BCUT2D eigenvalue weighted by molar-refractivity contribution is 6.05. The fraction of sp³-hybridized carbons (Fsp3) is 0.278. The molecule has 7 nitrogen and oxygen atoms in total. The van der Waals surface area contributed by atoms with Gasteiger partial charge in [-0.1, -0.05) is 13.0 Å². The van der Waals surface area contributed by atoms with E-state index in [2.05, 4.69) is 5.32 Å². The maximum atomic E-state index is 12.4. The molecule has 1 amide bonds. The Morgan fingerprint density at radius 2 is 1.96 bits per heavy atom. The molecule has 0 aromatic heterocycles. The fourth-order valence-electron chi connectivity index (χ4n) is 2.23. The van der Waals surface area contributed by atoms with Gasteiger partial charge in [0.15, 0.2) is 11.5 Å². The zero-order valence-corrected chi connectivity index (χ0v) is 14.4. The lowest BCUT2D eigenvalue weighted by molar-refractivity contribution is -0.384. The van der Waals surface area contributed by atoms with Crippen molar-refractivity contribution in [3.8, 4) is 11.5 Å². The lowest BCUT2D eigenvalue weighted by Crippen LogP contribution is -2.13. The highest BCUT2D eigenvalue weighted by atomic mass is 16.6. The topological polar surface area (TPSA) is 90.7 Å². The zero-order valence-electron chi connectivity index (χ0n) is 14.4. The van der Waals surface area contributed by atoms with Crippen LogP contribution in [0.5, 0.6) is 11.5 Å². The van der Waals surface area contributed by atoms with Crippen molar-refractivity contribution < 1.29 is 19.2 Å². The average molecular weight is 344 g/mol. The predicted octanol–water partition coefficient (Wildman–Crippen LogP) is 3.95. The van der Waals surface area contributed by atoms with Gasteiger partial charge in [0.05, 0.1) is 18.6 Å².